The lowest BCUT2D eigenvalue weighted by Crippen LogP contribution is -2.51. The van der Waals surface area contributed by atoms with Gasteiger partial charge in [0.2, 0.25) is 5.91 Å². The second kappa shape index (κ2) is 10.2. The van der Waals surface area contributed by atoms with E-state index in [9.17, 15) is 31.1 Å². The highest BCUT2D eigenvalue weighted by molar-refractivity contribution is 5.85. The Morgan fingerprint density at radius 1 is 1.23 bits per heavy atom. The normalized spacial score (nSPS) is 15.3. The molecule has 1 amide bonds. The number of anilines is 1. The zero-order valence-electron chi connectivity index (χ0n) is 17.1. The van der Waals surface area contributed by atoms with E-state index in [2.05, 4.69) is 5.32 Å². The highest BCUT2D eigenvalue weighted by Crippen LogP contribution is 2.36. The molecule has 1 atom stereocenters. The molecule has 1 unspecified atom stereocenters. The van der Waals surface area contributed by atoms with Gasteiger partial charge >= 0.3 is 12.4 Å². The zero-order chi connectivity index (χ0) is 23.2. The van der Waals surface area contributed by atoms with E-state index in [-0.39, 0.29) is 6.42 Å². The first-order chi connectivity index (χ1) is 14.5. The molecule has 1 fully saturated rings. The van der Waals surface area contributed by atoms with Crippen molar-refractivity contribution < 1.29 is 31.1 Å². The molecule has 172 valence electrons. The minimum absolute atomic E-state index is 0.0712. The van der Waals surface area contributed by atoms with Gasteiger partial charge in [0.05, 0.1) is 17.2 Å². The Hall–Kier alpha value is -2.44. The molecule has 0 saturated heterocycles. The molecule has 1 N–H and O–H groups in total. The number of rotatable bonds is 10. The van der Waals surface area contributed by atoms with Crippen molar-refractivity contribution in [3.8, 4) is 6.07 Å². The quantitative estimate of drug-likeness (QED) is 0.383. The lowest BCUT2D eigenvalue weighted by molar-refractivity contribution is -0.137. The lowest BCUT2D eigenvalue weighted by atomic mass is 10.0. The van der Waals surface area contributed by atoms with E-state index in [0.29, 0.717) is 36.3 Å². The van der Waals surface area contributed by atoms with Gasteiger partial charge in [-0.15, -0.1) is 0 Å². The maximum absolute atomic E-state index is 13.4. The summed E-state index contributed by atoms with van der Waals surface area (Å²) in [5, 5.41) is 11.6. The summed E-state index contributed by atoms with van der Waals surface area (Å²) in [5.74, 6) is -0.340. The average Bonchev–Trinajstić information content (AvgIpc) is 3.50. The molecule has 0 bridgehead atoms. The smallest absolute Gasteiger partial charge is 0.354 e. The number of nitrogens with zero attached hydrogens (tertiary/aromatic N) is 2. The molecule has 0 heterocycles. The van der Waals surface area contributed by atoms with Gasteiger partial charge in [-0.2, -0.15) is 31.6 Å². The summed E-state index contributed by atoms with van der Waals surface area (Å²) in [4.78, 5) is 13.5. The van der Waals surface area contributed by atoms with E-state index in [0.717, 1.165) is 31.4 Å². The number of unbranched alkanes of at least 4 members (excludes halogenated alkanes) is 2. The van der Waals surface area contributed by atoms with E-state index >= 15 is 0 Å². The first-order valence-corrected chi connectivity index (χ1v) is 10.2. The number of amides is 1. The molecule has 0 radical (unpaired) electrons. The van der Waals surface area contributed by atoms with E-state index in [1.54, 1.807) is 0 Å². The predicted molar refractivity (Wildman–Crippen MR) is 103 cm³/mol. The molecular formula is C21H25F6N3O. The van der Waals surface area contributed by atoms with Crippen LogP contribution >= 0.6 is 0 Å². The average molecular weight is 449 g/mol. The minimum Gasteiger partial charge on any atom is -0.354 e. The molecular weight excluding hydrogens is 424 g/mol. The number of hydrogen-bond acceptors (Lipinski definition) is 3. The van der Waals surface area contributed by atoms with E-state index in [4.69, 9.17) is 5.26 Å². The summed E-state index contributed by atoms with van der Waals surface area (Å²) in [6.45, 7) is 0.653. The Bertz CT molecular complexity index is 796. The monoisotopic (exact) mass is 449 g/mol. The molecule has 2 rings (SSSR count). The maximum atomic E-state index is 13.4. The topological polar surface area (TPSA) is 56.1 Å². The van der Waals surface area contributed by atoms with Crippen LogP contribution < -0.4 is 10.2 Å². The van der Waals surface area contributed by atoms with E-state index in [1.165, 1.54) is 6.07 Å². The third kappa shape index (κ3) is 7.64. The summed E-state index contributed by atoms with van der Waals surface area (Å²) in [7, 11) is 0. The van der Waals surface area contributed by atoms with Gasteiger partial charge in [-0.05, 0) is 43.4 Å². The van der Waals surface area contributed by atoms with Crippen LogP contribution in [0.5, 0.6) is 0 Å². The summed E-state index contributed by atoms with van der Waals surface area (Å²) >= 11 is 0. The number of nitrogens with one attached hydrogen (secondary N) is 1. The fourth-order valence-electron chi connectivity index (χ4n) is 3.32. The Balaban J connectivity index is 2.44. The van der Waals surface area contributed by atoms with Crippen LogP contribution in [0.3, 0.4) is 0 Å². The molecule has 0 aliphatic heterocycles. The fraction of sp³-hybridized carbons (Fsp3) is 0.619. The number of halogens is 6. The van der Waals surface area contributed by atoms with Crippen LogP contribution in [0.15, 0.2) is 18.2 Å². The van der Waals surface area contributed by atoms with Crippen LogP contribution in [-0.2, 0) is 11.0 Å². The Morgan fingerprint density at radius 2 is 1.90 bits per heavy atom. The molecule has 31 heavy (non-hydrogen) atoms. The third-order valence-corrected chi connectivity index (χ3v) is 5.13. The van der Waals surface area contributed by atoms with Gasteiger partial charge in [-0.3, -0.25) is 4.79 Å². The Labute approximate surface area is 177 Å². The summed E-state index contributed by atoms with van der Waals surface area (Å²) < 4.78 is 80.2. The highest BCUT2D eigenvalue weighted by Gasteiger charge is 2.39. The summed E-state index contributed by atoms with van der Waals surface area (Å²) in [6, 6.07) is 2.52. The van der Waals surface area contributed by atoms with Gasteiger partial charge in [0.15, 0.2) is 0 Å². The van der Waals surface area contributed by atoms with Crippen molar-refractivity contribution >= 4 is 11.6 Å². The Morgan fingerprint density at radius 3 is 2.42 bits per heavy atom. The number of hydrogen-bond donors (Lipinski definition) is 1. The number of alkyl halides is 6. The van der Waals surface area contributed by atoms with Gasteiger partial charge in [0.25, 0.3) is 0 Å². The van der Waals surface area contributed by atoms with Crippen LogP contribution in [0.4, 0.5) is 32.0 Å². The SMILES string of the molecule is CCCCCC(C(=O)NCC1CC1)N(CC(F)(F)F)c1ccc(C#N)c(C(F)(F)F)c1. The maximum Gasteiger partial charge on any atom is 0.417 e. The molecule has 1 aliphatic rings. The van der Waals surface area contributed by atoms with Crippen LogP contribution in [0, 0.1) is 17.2 Å². The summed E-state index contributed by atoms with van der Waals surface area (Å²) in [6.07, 6.45) is -5.84. The fourth-order valence-corrected chi connectivity index (χ4v) is 3.32. The third-order valence-electron chi connectivity index (χ3n) is 5.13. The first-order valence-electron chi connectivity index (χ1n) is 10.2. The molecule has 1 aromatic carbocycles. The van der Waals surface area contributed by atoms with Crippen molar-refractivity contribution in [2.24, 2.45) is 5.92 Å². The van der Waals surface area contributed by atoms with Crippen LogP contribution in [0.2, 0.25) is 0 Å². The Kier molecular flexibility index (Phi) is 8.21. The number of carbonyl (C=O) groups is 1. The molecule has 0 spiro atoms. The highest BCUT2D eigenvalue weighted by atomic mass is 19.4. The number of nitriles is 1. The van der Waals surface area contributed by atoms with E-state index in [1.807, 2.05) is 6.92 Å². The molecule has 1 aliphatic carbocycles. The van der Waals surface area contributed by atoms with Crippen molar-refractivity contribution in [2.75, 3.05) is 18.0 Å². The molecule has 10 heteroatoms. The second-order valence-corrected chi connectivity index (χ2v) is 7.78. The first kappa shape index (κ1) is 24.8. The minimum atomic E-state index is -4.92. The van der Waals surface area contributed by atoms with Crippen molar-refractivity contribution in [3.05, 3.63) is 29.3 Å². The zero-order valence-corrected chi connectivity index (χ0v) is 17.1. The second-order valence-electron chi connectivity index (χ2n) is 7.78. The van der Waals surface area contributed by atoms with Crippen molar-refractivity contribution in [1.29, 1.82) is 5.26 Å². The molecule has 1 saturated carbocycles. The van der Waals surface area contributed by atoms with Gasteiger partial charge in [-0.1, -0.05) is 26.2 Å². The van der Waals surface area contributed by atoms with Crippen LogP contribution in [0.1, 0.15) is 56.6 Å². The van der Waals surface area contributed by atoms with Crippen molar-refractivity contribution in [1.82, 2.24) is 5.32 Å². The van der Waals surface area contributed by atoms with E-state index < -0.39 is 47.7 Å². The predicted octanol–water partition coefficient (Wildman–Crippen LogP) is 5.42. The van der Waals surface area contributed by atoms with Gasteiger partial charge in [0, 0.05) is 12.2 Å². The number of benzene rings is 1. The van der Waals surface area contributed by atoms with Gasteiger partial charge in [0.1, 0.15) is 12.6 Å². The largest absolute Gasteiger partial charge is 0.417 e. The standard InChI is InChI=1S/C21H25F6N3O/c1-2-3-4-5-18(19(31)29-12-14-6-7-14)30(13-20(22,23)24)16-9-8-15(11-28)17(10-16)21(25,26)27/h8-10,14,18H,2-7,12-13H2,1H3,(H,29,31). The summed E-state index contributed by atoms with van der Waals surface area (Å²) in [5.41, 5.74) is -2.42. The molecule has 4 nitrogen and oxygen atoms in total. The molecule has 1 aromatic rings. The van der Waals surface area contributed by atoms with Gasteiger partial charge in [-0.25, -0.2) is 0 Å². The van der Waals surface area contributed by atoms with Gasteiger partial charge < -0.3 is 10.2 Å². The van der Waals surface area contributed by atoms with Crippen LogP contribution in [0.25, 0.3) is 0 Å². The van der Waals surface area contributed by atoms with Crippen molar-refractivity contribution in [2.45, 2.75) is 63.8 Å². The van der Waals surface area contributed by atoms with Crippen molar-refractivity contribution in [3.63, 3.8) is 0 Å². The van der Waals surface area contributed by atoms with Crippen LogP contribution in [-0.4, -0.2) is 31.2 Å². The number of carbonyl (C=O) groups excluding carboxylic acids is 1. The molecule has 0 aromatic heterocycles. The lowest BCUT2D eigenvalue weighted by Gasteiger charge is -2.34.